The van der Waals surface area contributed by atoms with Crippen LogP contribution in [0.3, 0.4) is 0 Å². The zero-order valence-corrected chi connectivity index (χ0v) is 16.5. The molecule has 0 bridgehead atoms. The molecule has 2 aromatic rings. The molecule has 5 atom stereocenters. The highest BCUT2D eigenvalue weighted by Gasteiger charge is 2.68. The smallest absolute Gasteiger partial charge is 0.149 e. The Balaban J connectivity index is 1.56. The summed E-state index contributed by atoms with van der Waals surface area (Å²) in [5, 5.41) is 0. The highest BCUT2D eigenvalue weighted by atomic mass is 16.7. The highest BCUT2D eigenvalue weighted by Crippen LogP contribution is 2.56. The minimum atomic E-state index is -0.627. The molecule has 0 N–H and O–H groups in total. The molecule has 0 aliphatic carbocycles. The topological polar surface area (TPSA) is 49.4 Å². The lowest BCUT2D eigenvalue weighted by molar-refractivity contribution is -0.138. The van der Waals surface area contributed by atoms with Crippen LogP contribution in [0.25, 0.3) is 0 Å². The minimum Gasteiger partial charge on any atom is -0.497 e. The average molecular weight is 383 g/mol. The first kappa shape index (κ1) is 17.9. The van der Waals surface area contributed by atoms with Crippen LogP contribution in [0.4, 0.5) is 0 Å². The van der Waals surface area contributed by atoms with E-state index in [-0.39, 0.29) is 18.7 Å². The van der Waals surface area contributed by atoms with Gasteiger partial charge in [0.15, 0.2) is 0 Å². The van der Waals surface area contributed by atoms with Crippen molar-refractivity contribution in [1.29, 1.82) is 0 Å². The predicted molar refractivity (Wildman–Crippen MR) is 102 cm³/mol. The molecular formula is C22H25NO5. The van der Waals surface area contributed by atoms with Crippen molar-refractivity contribution in [2.45, 2.75) is 43.7 Å². The van der Waals surface area contributed by atoms with E-state index in [1.165, 1.54) is 0 Å². The molecule has 0 spiro atoms. The van der Waals surface area contributed by atoms with Crippen LogP contribution in [-0.2, 0) is 25.4 Å². The fourth-order valence-corrected chi connectivity index (χ4v) is 4.68. The van der Waals surface area contributed by atoms with Gasteiger partial charge < -0.3 is 23.7 Å². The van der Waals surface area contributed by atoms with E-state index < -0.39 is 11.2 Å². The van der Waals surface area contributed by atoms with Gasteiger partial charge in [-0.15, -0.1) is 0 Å². The van der Waals surface area contributed by atoms with Gasteiger partial charge in [0, 0.05) is 0 Å². The van der Waals surface area contributed by atoms with E-state index in [1.807, 2.05) is 36.4 Å². The van der Waals surface area contributed by atoms with Crippen LogP contribution in [0.1, 0.15) is 25.0 Å². The third-order valence-electron chi connectivity index (χ3n) is 6.24. The van der Waals surface area contributed by atoms with Crippen LogP contribution >= 0.6 is 0 Å². The van der Waals surface area contributed by atoms with Gasteiger partial charge in [0.1, 0.15) is 41.4 Å². The number of methoxy groups -OCH3 is 2. The Morgan fingerprint density at radius 3 is 2.00 bits per heavy atom. The Bertz CT molecular complexity index is 857. The lowest BCUT2D eigenvalue weighted by atomic mass is 9.93. The SMILES string of the molecule is COc1cccc([C@@]2(C)O[C@H]3CO[C@@H]4N3[C@H]2O[C@]4(C)c2cccc(OC)c2)c1. The number of benzene rings is 2. The maximum atomic E-state index is 6.72. The molecular weight excluding hydrogens is 358 g/mol. The van der Waals surface area contributed by atoms with Crippen LogP contribution in [0, 0.1) is 0 Å². The van der Waals surface area contributed by atoms with E-state index in [0.717, 1.165) is 22.6 Å². The van der Waals surface area contributed by atoms with E-state index in [0.29, 0.717) is 6.61 Å². The Hall–Kier alpha value is -2.12. The first-order valence-electron chi connectivity index (χ1n) is 9.53. The molecule has 0 amide bonds. The van der Waals surface area contributed by atoms with Gasteiger partial charge in [-0.3, -0.25) is 0 Å². The first-order chi connectivity index (χ1) is 13.5. The average Bonchev–Trinajstić information content (AvgIpc) is 3.36. The summed E-state index contributed by atoms with van der Waals surface area (Å²) in [6.45, 7) is 4.68. The van der Waals surface area contributed by atoms with Crippen LogP contribution in [0.5, 0.6) is 11.5 Å². The maximum absolute atomic E-state index is 6.72. The van der Waals surface area contributed by atoms with E-state index in [4.69, 9.17) is 23.7 Å². The monoisotopic (exact) mass is 383 g/mol. The standard InChI is InChI=1S/C22H25NO5/c1-21(14-7-5-9-16(11-14)24-3)19-23-18(13-26-19)27-22(2,20(23)28-21)15-8-6-10-17(12-15)25-4/h5-12,18-20H,13H2,1-4H3/t18-,19-,20-,21+,22+/m0/s1. The van der Waals surface area contributed by atoms with Crippen molar-refractivity contribution in [3.05, 3.63) is 59.7 Å². The molecule has 148 valence electrons. The van der Waals surface area contributed by atoms with Gasteiger partial charge in [-0.25, -0.2) is 4.90 Å². The van der Waals surface area contributed by atoms with Crippen molar-refractivity contribution in [2.24, 2.45) is 0 Å². The molecule has 5 rings (SSSR count). The lowest BCUT2D eigenvalue weighted by Gasteiger charge is -2.33. The van der Waals surface area contributed by atoms with Gasteiger partial charge in [0.2, 0.25) is 0 Å². The largest absolute Gasteiger partial charge is 0.497 e. The quantitative estimate of drug-likeness (QED) is 0.808. The minimum absolute atomic E-state index is 0.140. The molecule has 0 aromatic heterocycles. The number of hydrogen-bond acceptors (Lipinski definition) is 6. The molecule has 0 radical (unpaired) electrons. The molecule has 6 nitrogen and oxygen atoms in total. The lowest BCUT2D eigenvalue weighted by Crippen LogP contribution is -2.40. The third kappa shape index (κ3) is 2.35. The van der Waals surface area contributed by atoms with Crippen molar-refractivity contribution < 1.29 is 23.7 Å². The summed E-state index contributed by atoms with van der Waals surface area (Å²) in [6.07, 6.45) is -0.631. The normalized spacial score (nSPS) is 36.5. The van der Waals surface area contributed by atoms with Crippen molar-refractivity contribution in [3.63, 3.8) is 0 Å². The molecule has 3 heterocycles. The summed E-state index contributed by atoms with van der Waals surface area (Å²) < 4.78 is 30.2. The zero-order chi connectivity index (χ0) is 19.5. The van der Waals surface area contributed by atoms with Crippen molar-refractivity contribution in [3.8, 4) is 11.5 Å². The number of ether oxygens (including phenoxy) is 5. The molecule has 3 fully saturated rings. The molecule has 28 heavy (non-hydrogen) atoms. The van der Waals surface area contributed by atoms with Crippen LogP contribution in [0.2, 0.25) is 0 Å². The molecule has 3 aliphatic heterocycles. The van der Waals surface area contributed by atoms with Gasteiger partial charge in [-0.1, -0.05) is 24.3 Å². The van der Waals surface area contributed by atoms with Gasteiger partial charge in [0.05, 0.1) is 20.8 Å². The molecule has 3 saturated heterocycles. The van der Waals surface area contributed by atoms with Crippen molar-refractivity contribution >= 4 is 0 Å². The molecule has 0 unspecified atom stereocenters. The van der Waals surface area contributed by atoms with Gasteiger partial charge in [-0.05, 0) is 49.2 Å². The summed E-state index contributed by atoms with van der Waals surface area (Å²) in [4.78, 5) is 2.22. The second kappa shape index (κ2) is 6.19. The van der Waals surface area contributed by atoms with Gasteiger partial charge in [0.25, 0.3) is 0 Å². The Morgan fingerprint density at radius 2 is 1.43 bits per heavy atom. The maximum Gasteiger partial charge on any atom is 0.149 e. The predicted octanol–water partition coefficient (Wildman–Crippen LogP) is 3.21. The fourth-order valence-electron chi connectivity index (χ4n) is 4.68. The third-order valence-corrected chi connectivity index (χ3v) is 6.24. The Kier molecular flexibility index (Phi) is 3.97. The fraction of sp³-hybridized carbons (Fsp3) is 0.455. The summed E-state index contributed by atoms with van der Waals surface area (Å²) in [5.41, 5.74) is 0.801. The molecule has 0 saturated carbocycles. The first-order valence-corrected chi connectivity index (χ1v) is 9.53. The van der Waals surface area contributed by atoms with Crippen molar-refractivity contribution in [1.82, 2.24) is 4.90 Å². The van der Waals surface area contributed by atoms with Crippen LogP contribution in [0.15, 0.2) is 48.5 Å². The zero-order valence-electron chi connectivity index (χ0n) is 16.5. The van der Waals surface area contributed by atoms with Crippen molar-refractivity contribution in [2.75, 3.05) is 20.8 Å². The number of nitrogens with zero attached hydrogens (tertiary/aromatic N) is 1. The second-order valence-electron chi connectivity index (χ2n) is 7.85. The summed E-state index contributed by atoms with van der Waals surface area (Å²) in [5.74, 6) is 1.60. The van der Waals surface area contributed by atoms with E-state index in [9.17, 15) is 0 Å². The number of hydrogen-bond donors (Lipinski definition) is 0. The summed E-state index contributed by atoms with van der Waals surface area (Å²) >= 11 is 0. The molecule has 3 aliphatic rings. The summed E-state index contributed by atoms with van der Waals surface area (Å²) in [7, 11) is 3.34. The van der Waals surface area contributed by atoms with Gasteiger partial charge in [-0.2, -0.15) is 0 Å². The number of rotatable bonds is 4. The second-order valence-corrected chi connectivity index (χ2v) is 7.85. The molecule has 6 heteroatoms. The Morgan fingerprint density at radius 1 is 0.857 bits per heavy atom. The Labute approximate surface area is 164 Å². The van der Waals surface area contributed by atoms with Crippen LogP contribution < -0.4 is 9.47 Å². The van der Waals surface area contributed by atoms with Crippen LogP contribution in [-0.4, -0.2) is 44.4 Å². The highest BCUT2D eigenvalue weighted by molar-refractivity contribution is 5.37. The van der Waals surface area contributed by atoms with E-state index in [2.05, 4.69) is 30.9 Å². The molecule has 2 aromatic carbocycles. The van der Waals surface area contributed by atoms with E-state index >= 15 is 0 Å². The van der Waals surface area contributed by atoms with E-state index in [1.54, 1.807) is 14.2 Å². The van der Waals surface area contributed by atoms with Gasteiger partial charge >= 0.3 is 0 Å². The summed E-state index contributed by atoms with van der Waals surface area (Å²) in [6, 6.07) is 16.0.